The number of aliphatic hydroxyl groups is 1. The van der Waals surface area contributed by atoms with Gasteiger partial charge in [-0.1, -0.05) is 259 Å². The molecule has 0 bridgehead atoms. The molecule has 19 heteroatoms. The second-order valence-electron chi connectivity index (χ2n) is 22.1. The molecule has 474 valence electrons. The molecule has 0 heterocycles. The average Bonchev–Trinajstić information content (AvgIpc) is 3.43. The summed E-state index contributed by atoms with van der Waals surface area (Å²) in [5, 5.41) is 10.5. The lowest BCUT2D eigenvalue weighted by molar-refractivity contribution is -0.161. The maximum Gasteiger partial charge on any atom is 0.472 e. The largest absolute Gasteiger partial charge is 0.472 e. The van der Waals surface area contributed by atoms with Crippen LogP contribution in [-0.2, 0) is 65.4 Å². The molecule has 3 N–H and O–H groups in total. The summed E-state index contributed by atoms with van der Waals surface area (Å²) in [6, 6.07) is 0. The van der Waals surface area contributed by atoms with E-state index in [2.05, 4.69) is 27.7 Å². The summed E-state index contributed by atoms with van der Waals surface area (Å²) in [5.74, 6) is -2.15. The van der Waals surface area contributed by atoms with Crippen molar-refractivity contribution in [3.63, 3.8) is 0 Å². The van der Waals surface area contributed by atoms with Gasteiger partial charge in [0.25, 0.3) is 0 Å². The number of carbonyl (C=O) groups excluding carboxylic acids is 4. The molecule has 0 aliphatic heterocycles. The molecule has 0 aromatic rings. The zero-order valence-corrected chi connectivity index (χ0v) is 52.8. The van der Waals surface area contributed by atoms with E-state index in [9.17, 15) is 43.2 Å². The van der Waals surface area contributed by atoms with E-state index >= 15 is 0 Å². The van der Waals surface area contributed by atoms with Crippen molar-refractivity contribution in [3.8, 4) is 0 Å². The third-order valence-electron chi connectivity index (χ3n) is 14.1. The van der Waals surface area contributed by atoms with Crippen molar-refractivity contribution in [1.82, 2.24) is 0 Å². The summed E-state index contributed by atoms with van der Waals surface area (Å²) in [6.45, 7) is 4.77. The Bertz CT molecular complexity index is 1550. The molecule has 5 atom stereocenters. The topological polar surface area (TPSA) is 237 Å². The number of aliphatic hydroxyl groups excluding tert-OH is 1. The number of rotatable bonds is 62. The van der Waals surface area contributed by atoms with Gasteiger partial charge in [0.05, 0.1) is 26.4 Å². The van der Waals surface area contributed by atoms with Gasteiger partial charge in [0.2, 0.25) is 0 Å². The third kappa shape index (κ3) is 55.3. The first-order valence-corrected chi connectivity index (χ1v) is 35.3. The highest BCUT2D eigenvalue weighted by atomic mass is 31.2. The number of carbonyl (C=O) groups is 4. The Hall–Kier alpha value is -1.94. The summed E-state index contributed by atoms with van der Waals surface area (Å²) >= 11 is 0. The van der Waals surface area contributed by atoms with Crippen molar-refractivity contribution in [2.24, 2.45) is 0 Å². The maximum absolute atomic E-state index is 12.9. The Balaban J connectivity index is 5.08. The van der Waals surface area contributed by atoms with Gasteiger partial charge in [0, 0.05) is 25.7 Å². The Morgan fingerprint density at radius 1 is 0.300 bits per heavy atom. The molecule has 0 spiro atoms. The molecular weight excluding hydrogens is 1070 g/mol. The third-order valence-corrected chi connectivity index (χ3v) is 16.0. The average molecular weight is 1190 g/mol. The minimum Gasteiger partial charge on any atom is -0.462 e. The summed E-state index contributed by atoms with van der Waals surface area (Å²) in [6.07, 6.45) is 40.7. The first kappa shape index (κ1) is 78.1. The fraction of sp³-hybridized carbons (Fsp3) is 0.934. The Kier molecular flexibility index (Phi) is 54.8. The van der Waals surface area contributed by atoms with E-state index in [1.165, 1.54) is 141 Å². The fourth-order valence-electron chi connectivity index (χ4n) is 9.10. The van der Waals surface area contributed by atoms with Crippen molar-refractivity contribution in [3.05, 3.63) is 0 Å². The van der Waals surface area contributed by atoms with Gasteiger partial charge in [-0.2, -0.15) is 0 Å². The van der Waals surface area contributed by atoms with Gasteiger partial charge in [-0.25, -0.2) is 9.13 Å². The summed E-state index contributed by atoms with van der Waals surface area (Å²) in [5.41, 5.74) is 0. The SMILES string of the molecule is CCCCCCCCCCCCCCCCCC(=O)OC[C@H](COP(=O)(O)OC[C@H](O)COP(=O)(O)OC[C@@H](COC(=O)CCCCCCCCCCCC)OC(=O)CCCCCCCCCCCC)OC(=O)CCCCCCC. The summed E-state index contributed by atoms with van der Waals surface area (Å²) in [4.78, 5) is 71.8. The standard InChI is InChI=1S/C61H118O17P2/c1-5-9-13-17-20-23-26-27-28-29-30-33-35-39-42-46-59(64)71-51-56(77-60(65)47-43-37-16-12-8-4)53-75-79(67,68)73-49-55(62)50-74-80(69,70)76-54-57(78-61(66)48-44-40-36-32-25-22-19-15-11-7-3)52-72-58(63)45-41-38-34-31-24-21-18-14-10-6-2/h55-57,62H,5-54H2,1-4H3,(H,67,68)(H,69,70)/t55-,56+,57+/m0/s1. The highest BCUT2D eigenvalue weighted by Crippen LogP contribution is 2.45. The van der Waals surface area contributed by atoms with Crippen LogP contribution in [0.25, 0.3) is 0 Å². The molecule has 0 aliphatic rings. The Labute approximate surface area is 486 Å². The first-order chi connectivity index (χ1) is 38.7. The minimum absolute atomic E-state index is 0.101. The van der Waals surface area contributed by atoms with Crippen LogP contribution < -0.4 is 0 Å². The van der Waals surface area contributed by atoms with Gasteiger partial charge in [-0.3, -0.25) is 37.3 Å². The first-order valence-electron chi connectivity index (χ1n) is 32.3. The minimum atomic E-state index is -4.93. The van der Waals surface area contributed by atoms with Gasteiger partial charge in [-0.05, 0) is 25.7 Å². The molecule has 0 aliphatic carbocycles. The molecule has 0 saturated heterocycles. The van der Waals surface area contributed by atoms with Crippen LogP contribution in [0.5, 0.6) is 0 Å². The van der Waals surface area contributed by atoms with Crippen LogP contribution in [0.4, 0.5) is 0 Å². The maximum atomic E-state index is 12.9. The van der Waals surface area contributed by atoms with Gasteiger partial charge in [0.1, 0.15) is 19.3 Å². The number of unbranched alkanes of at least 4 members (excludes halogenated alkanes) is 36. The van der Waals surface area contributed by atoms with Gasteiger partial charge in [-0.15, -0.1) is 0 Å². The highest BCUT2D eigenvalue weighted by molar-refractivity contribution is 7.47. The van der Waals surface area contributed by atoms with Crippen molar-refractivity contribution in [1.29, 1.82) is 0 Å². The number of phosphoric ester groups is 2. The van der Waals surface area contributed by atoms with E-state index in [-0.39, 0.29) is 25.7 Å². The molecule has 0 fully saturated rings. The summed E-state index contributed by atoms with van der Waals surface area (Å²) < 4.78 is 67.6. The molecule has 2 unspecified atom stereocenters. The zero-order valence-electron chi connectivity index (χ0n) is 51.0. The lowest BCUT2D eigenvalue weighted by Gasteiger charge is -2.21. The molecule has 0 amide bonds. The Morgan fingerprint density at radius 3 is 0.738 bits per heavy atom. The molecule has 0 aromatic heterocycles. The fourth-order valence-corrected chi connectivity index (χ4v) is 10.7. The quantitative estimate of drug-likeness (QED) is 0.0222. The van der Waals surface area contributed by atoms with Crippen LogP contribution in [0.3, 0.4) is 0 Å². The molecule has 0 saturated carbocycles. The highest BCUT2D eigenvalue weighted by Gasteiger charge is 2.30. The van der Waals surface area contributed by atoms with Crippen molar-refractivity contribution in [2.75, 3.05) is 39.6 Å². The van der Waals surface area contributed by atoms with E-state index in [0.717, 1.165) is 89.9 Å². The molecule has 0 aromatic carbocycles. The van der Waals surface area contributed by atoms with E-state index in [4.69, 9.17) is 37.0 Å². The molecule has 0 radical (unpaired) electrons. The Morgan fingerprint density at radius 2 is 0.500 bits per heavy atom. The van der Waals surface area contributed by atoms with Crippen LogP contribution in [0.15, 0.2) is 0 Å². The molecular formula is C61H118O17P2. The molecule has 80 heavy (non-hydrogen) atoms. The monoisotopic (exact) mass is 1180 g/mol. The number of ether oxygens (including phenoxy) is 4. The normalized spacial score (nSPS) is 14.2. The van der Waals surface area contributed by atoms with Crippen LogP contribution in [0.2, 0.25) is 0 Å². The van der Waals surface area contributed by atoms with Crippen molar-refractivity contribution in [2.45, 2.75) is 329 Å². The van der Waals surface area contributed by atoms with Crippen molar-refractivity contribution < 1.29 is 80.2 Å². The van der Waals surface area contributed by atoms with Gasteiger partial charge < -0.3 is 33.8 Å². The predicted molar refractivity (Wildman–Crippen MR) is 317 cm³/mol. The molecule has 0 rings (SSSR count). The van der Waals surface area contributed by atoms with E-state index in [1.54, 1.807) is 0 Å². The number of esters is 4. The van der Waals surface area contributed by atoms with Gasteiger partial charge >= 0.3 is 39.5 Å². The zero-order chi connectivity index (χ0) is 59.1. The van der Waals surface area contributed by atoms with Crippen molar-refractivity contribution >= 4 is 39.5 Å². The van der Waals surface area contributed by atoms with Crippen LogP contribution in [-0.4, -0.2) is 96.7 Å². The summed E-state index contributed by atoms with van der Waals surface area (Å²) in [7, 11) is -9.86. The predicted octanol–water partition coefficient (Wildman–Crippen LogP) is 16.8. The number of hydrogen-bond acceptors (Lipinski definition) is 15. The van der Waals surface area contributed by atoms with Crippen LogP contribution >= 0.6 is 15.6 Å². The molecule has 17 nitrogen and oxygen atoms in total. The van der Waals surface area contributed by atoms with Crippen LogP contribution in [0.1, 0.15) is 310 Å². The lowest BCUT2D eigenvalue weighted by Crippen LogP contribution is -2.30. The second kappa shape index (κ2) is 56.2. The van der Waals surface area contributed by atoms with Gasteiger partial charge in [0.15, 0.2) is 12.2 Å². The van der Waals surface area contributed by atoms with E-state index in [1.807, 2.05) is 0 Å². The second-order valence-corrected chi connectivity index (χ2v) is 25.0. The smallest absolute Gasteiger partial charge is 0.462 e. The number of hydrogen-bond donors (Lipinski definition) is 3. The van der Waals surface area contributed by atoms with E-state index in [0.29, 0.717) is 25.7 Å². The van der Waals surface area contributed by atoms with Crippen LogP contribution in [0, 0.1) is 0 Å². The van der Waals surface area contributed by atoms with E-state index < -0.39 is 97.5 Å². The number of phosphoric acid groups is 2. The lowest BCUT2D eigenvalue weighted by atomic mass is 10.0.